The van der Waals surface area contributed by atoms with E-state index in [9.17, 15) is 0 Å². The van der Waals surface area contributed by atoms with Crippen molar-refractivity contribution in [1.82, 2.24) is 0 Å². The Hall–Kier alpha value is -0.747. The molecule has 0 amide bonds. The molecule has 0 nitrogen and oxygen atoms in total. The molecule has 2 aromatic rings. The maximum Gasteiger partial charge on any atom is -1.00 e. The van der Waals surface area contributed by atoms with Crippen molar-refractivity contribution in [2.24, 2.45) is 11.3 Å². The molecule has 0 spiro atoms. The molecule has 1 atom stereocenters. The van der Waals surface area contributed by atoms with Gasteiger partial charge in [-0.1, -0.05) is 0 Å². The van der Waals surface area contributed by atoms with Crippen LogP contribution in [-0.4, -0.2) is 3.21 Å². The second kappa shape index (κ2) is 12.9. The van der Waals surface area contributed by atoms with Gasteiger partial charge in [0, 0.05) is 0 Å². The Morgan fingerprint density at radius 2 is 1.45 bits per heavy atom. The van der Waals surface area contributed by atoms with Gasteiger partial charge in [-0.3, -0.25) is 0 Å². The maximum atomic E-state index is 2.69. The second-order valence-electron chi connectivity index (χ2n) is 15.2. The molecule has 0 fully saturated rings. The minimum atomic E-state index is -2.36. The molecule has 0 saturated carbocycles. The largest absolute Gasteiger partial charge is 1.00 e. The number of hydrogen-bond acceptors (Lipinski definition) is 0. The Labute approximate surface area is 266 Å². The predicted molar refractivity (Wildman–Crippen MR) is 167 cm³/mol. The third kappa shape index (κ3) is 7.06. The Bertz CT molecular complexity index is 1330. The summed E-state index contributed by atoms with van der Waals surface area (Å²) in [5, 5.41) is 0. The summed E-state index contributed by atoms with van der Waals surface area (Å²) in [5.74, 6) is 0.619. The zero-order valence-corrected chi connectivity index (χ0v) is 31.2. The molecule has 0 aliphatic heterocycles. The SMILES string of the molecule is CCCCC1C=C(C(C)(C)C)C=[C]1[Zr+2](=[C](C)C)[c]1c(C(C)(C)C)ccc2c1Cc1cc(C(C)(C)C)ccc1-2.[Cl-].[Cl-]. The third-order valence-corrected chi connectivity index (χ3v) is 16.4. The van der Waals surface area contributed by atoms with Crippen molar-refractivity contribution in [3.63, 3.8) is 0 Å². The van der Waals surface area contributed by atoms with E-state index in [0.29, 0.717) is 5.92 Å². The average Bonchev–Trinajstić information content (AvgIpc) is 3.37. The Kier molecular flexibility index (Phi) is 11.4. The van der Waals surface area contributed by atoms with Gasteiger partial charge >= 0.3 is 243 Å². The molecule has 1 unspecified atom stereocenters. The van der Waals surface area contributed by atoms with Crippen LogP contribution in [-0.2, 0) is 38.5 Å². The number of benzene rings is 2. The molecule has 4 rings (SSSR count). The third-order valence-electron chi connectivity index (χ3n) is 8.61. The fourth-order valence-electron chi connectivity index (χ4n) is 6.35. The zero-order chi connectivity index (χ0) is 28.2. The van der Waals surface area contributed by atoms with E-state index in [4.69, 9.17) is 0 Å². The van der Waals surface area contributed by atoms with E-state index < -0.39 is 21.3 Å². The van der Waals surface area contributed by atoms with Crippen LogP contribution in [0.25, 0.3) is 11.1 Å². The Balaban J connectivity index is 0.00000280. The second-order valence-corrected chi connectivity index (χ2v) is 22.1. The fraction of sp³-hybridized carbons (Fsp3) is 0.541. The van der Waals surface area contributed by atoms with E-state index in [2.05, 4.69) is 126 Å². The van der Waals surface area contributed by atoms with Crippen LogP contribution in [0.3, 0.4) is 0 Å². The molecule has 2 aromatic carbocycles. The van der Waals surface area contributed by atoms with Crippen LogP contribution in [0.15, 0.2) is 51.3 Å². The van der Waals surface area contributed by atoms with Gasteiger partial charge in [0.25, 0.3) is 0 Å². The van der Waals surface area contributed by atoms with Gasteiger partial charge < -0.3 is 24.8 Å². The van der Waals surface area contributed by atoms with Gasteiger partial charge in [-0.25, -0.2) is 0 Å². The molecule has 0 aromatic heterocycles. The summed E-state index contributed by atoms with van der Waals surface area (Å²) in [5.41, 5.74) is 11.3. The fourth-order valence-corrected chi connectivity index (χ4v) is 15.0. The van der Waals surface area contributed by atoms with Crippen LogP contribution >= 0.6 is 0 Å². The molecule has 0 radical (unpaired) electrons. The van der Waals surface area contributed by atoms with E-state index in [-0.39, 0.29) is 41.1 Å². The number of halogens is 2. The van der Waals surface area contributed by atoms with Crippen molar-refractivity contribution >= 4 is 6.48 Å². The summed E-state index contributed by atoms with van der Waals surface area (Å²) in [7, 11) is 0. The average molecular weight is 659 g/mol. The molecule has 3 heteroatoms. The van der Waals surface area contributed by atoms with Crippen molar-refractivity contribution in [1.29, 1.82) is 0 Å². The molecule has 218 valence electrons. The normalized spacial score (nSPS) is 16.1. The van der Waals surface area contributed by atoms with Crippen molar-refractivity contribution in [2.75, 3.05) is 0 Å². The first kappa shape index (κ1) is 35.4. The first-order valence-corrected chi connectivity index (χ1v) is 18.6. The van der Waals surface area contributed by atoms with E-state index >= 15 is 0 Å². The van der Waals surface area contributed by atoms with Gasteiger partial charge in [-0.15, -0.1) is 0 Å². The number of allylic oxidation sites excluding steroid dienone is 4. The van der Waals surface area contributed by atoms with Gasteiger partial charge in [0.1, 0.15) is 0 Å². The quantitative estimate of drug-likeness (QED) is 0.389. The van der Waals surface area contributed by atoms with Crippen molar-refractivity contribution in [3.8, 4) is 11.1 Å². The smallest absolute Gasteiger partial charge is 1.00 e. The van der Waals surface area contributed by atoms with Crippen LogP contribution in [0.4, 0.5) is 0 Å². The van der Waals surface area contributed by atoms with Crippen molar-refractivity contribution in [2.45, 2.75) is 120 Å². The van der Waals surface area contributed by atoms with Gasteiger partial charge in [0.2, 0.25) is 0 Å². The van der Waals surface area contributed by atoms with E-state index in [1.165, 1.54) is 41.5 Å². The Morgan fingerprint density at radius 1 is 0.825 bits per heavy atom. The summed E-state index contributed by atoms with van der Waals surface area (Å²) in [6.07, 6.45) is 10.3. The molecule has 2 aliphatic carbocycles. The van der Waals surface area contributed by atoms with Crippen LogP contribution in [0, 0.1) is 11.3 Å². The monoisotopic (exact) mass is 656 g/mol. The molecule has 2 aliphatic rings. The van der Waals surface area contributed by atoms with Gasteiger partial charge in [0.15, 0.2) is 0 Å². The zero-order valence-electron chi connectivity index (χ0n) is 27.2. The molecule has 0 N–H and O–H groups in total. The van der Waals surface area contributed by atoms with E-state index in [0.717, 1.165) is 6.42 Å². The minimum absolute atomic E-state index is 0. The van der Waals surface area contributed by atoms with Gasteiger partial charge in [-0.05, 0) is 0 Å². The molecule has 0 bridgehead atoms. The summed E-state index contributed by atoms with van der Waals surface area (Å²) in [6, 6.07) is 12.3. The van der Waals surface area contributed by atoms with Crippen LogP contribution < -0.4 is 28.1 Å². The number of unbranched alkanes of at least 4 members (excludes halogenated alkanes) is 1. The number of fused-ring (bicyclic) bond motifs is 3. The Morgan fingerprint density at radius 3 is 1.98 bits per heavy atom. The molecular weight excluding hydrogens is 607 g/mol. The first-order chi connectivity index (χ1) is 17.5. The summed E-state index contributed by atoms with van der Waals surface area (Å²) in [6.45, 7) is 28.8. The van der Waals surface area contributed by atoms with Crippen LogP contribution in [0.2, 0.25) is 0 Å². The maximum absolute atomic E-state index is 2.69. The molecule has 0 heterocycles. The molecular formula is C37H52Cl2Zr. The number of hydrogen-bond donors (Lipinski definition) is 0. The van der Waals surface area contributed by atoms with Crippen LogP contribution in [0.1, 0.15) is 125 Å². The van der Waals surface area contributed by atoms with E-state index in [1.54, 1.807) is 23.2 Å². The number of rotatable bonds is 5. The molecule has 40 heavy (non-hydrogen) atoms. The standard InChI is InChI=1S/C21H25.C13H21.C3H6.2ClH.Zr/c1-20(2,3)16-7-9-18-14(12-16)11-15-13-17(21(4,5)6)8-10-19(15)18;1-5-6-7-11-8-9-12(10-11)13(2,3)4;1-3-2;;;/h7-10,12H,11H2,1-6H3;9-11H,5-7H2,1-4H3;1-2H3;2*1H;/q;;;;;+2/p-2. The summed E-state index contributed by atoms with van der Waals surface area (Å²) < 4.78 is 5.34. The van der Waals surface area contributed by atoms with Crippen LogP contribution in [0.5, 0.6) is 0 Å². The van der Waals surface area contributed by atoms with Crippen molar-refractivity contribution in [3.05, 3.63) is 73.6 Å². The van der Waals surface area contributed by atoms with E-state index in [1.807, 2.05) is 3.28 Å². The molecule has 0 saturated heterocycles. The minimum Gasteiger partial charge on any atom is -1.00 e. The topological polar surface area (TPSA) is 0 Å². The van der Waals surface area contributed by atoms with Gasteiger partial charge in [0.05, 0.1) is 0 Å². The van der Waals surface area contributed by atoms with Crippen molar-refractivity contribution < 1.29 is 46.1 Å². The first-order valence-electron chi connectivity index (χ1n) is 15.0. The predicted octanol–water partition coefficient (Wildman–Crippen LogP) is 3.99. The van der Waals surface area contributed by atoms with Gasteiger partial charge in [-0.2, -0.15) is 0 Å². The summed E-state index contributed by atoms with van der Waals surface area (Å²) in [4.78, 5) is 0. The summed E-state index contributed by atoms with van der Waals surface area (Å²) >= 11 is -2.36.